The number of carbonyl (C=O) groups is 2. The van der Waals surface area contributed by atoms with E-state index in [1.54, 1.807) is 31.2 Å². The van der Waals surface area contributed by atoms with Crippen molar-refractivity contribution in [3.05, 3.63) is 51.4 Å². The normalized spacial score (nSPS) is 10.2. The van der Waals surface area contributed by atoms with E-state index in [0.29, 0.717) is 15.6 Å². The lowest BCUT2D eigenvalue weighted by Crippen LogP contribution is -2.12. The molecule has 1 amide bonds. The predicted octanol–water partition coefficient (Wildman–Crippen LogP) is 3.66. The van der Waals surface area contributed by atoms with Crippen molar-refractivity contribution in [2.24, 2.45) is 0 Å². The number of anilines is 1. The van der Waals surface area contributed by atoms with Crippen molar-refractivity contribution in [1.82, 2.24) is 0 Å². The van der Waals surface area contributed by atoms with Crippen LogP contribution in [0.25, 0.3) is 0 Å². The first kappa shape index (κ1) is 13.6. The van der Waals surface area contributed by atoms with Crippen molar-refractivity contribution in [2.45, 2.75) is 6.92 Å². The van der Waals surface area contributed by atoms with Crippen LogP contribution in [0.15, 0.2) is 30.3 Å². The Morgan fingerprint density at radius 2 is 1.89 bits per heavy atom. The molecule has 0 aliphatic carbocycles. The summed E-state index contributed by atoms with van der Waals surface area (Å²) in [6.07, 6.45) is 0. The molecule has 98 valence electrons. The van der Waals surface area contributed by atoms with E-state index in [2.05, 4.69) is 5.32 Å². The van der Waals surface area contributed by atoms with Gasteiger partial charge < -0.3 is 10.4 Å². The van der Waals surface area contributed by atoms with Crippen molar-refractivity contribution in [1.29, 1.82) is 0 Å². The van der Waals surface area contributed by atoms with Crippen LogP contribution in [0.2, 0.25) is 5.02 Å². The highest BCUT2D eigenvalue weighted by molar-refractivity contribution is 7.16. The summed E-state index contributed by atoms with van der Waals surface area (Å²) in [6.45, 7) is 1.79. The van der Waals surface area contributed by atoms with Crippen LogP contribution in [0, 0.1) is 6.92 Å². The summed E-state index contributed by atoms with van der Waals surface area (Å²) in [4.78, 5) is 23.8. The van der Waals surface area contributed by atoms with Crippen LogP contribution in [0.4, 0.5) is 5.00 Å². The molecule has 0 unspecified atom stereocenters. The molecule has 0 aliphatic heterocycles. The summed E-state index contributed by atoms with van der Waals surface area (Å²) in [6, 6.07) is 7.91. The van der Waals surface area contributed by atoms with Gasteiger partial charge in [-0.15, -0.1) is 11.3 Å². The average molecular weight is 296 g/mol. The molecule has 2 rings (SSSR count). The minimum Gasteiger partial charge on any atom is -0.478 e. The van der Waals surface area contributed by atoms with E-state index in [-0.39, 0.29) is 11.5 Å². The molecule has 2 aromatic rings. The minimum absolute atomic E-state index is 0.102. The first-order valence-corrected chi connectivity index (χ1v) is 6.57. The van der Waals surface area contributed by atoms with E-state index < -0.39 is 5.97 Å². The molecule has 1 aromatic carbocycles. The maximum atomic E-state index is 12.0. The first-order valence-electron chi connectivity index (χ1n) is 5.38. The second-order valence-electron chi connectivity index (χ2n) is 3.87. The maximum Gasteiger partial charge on any atom is 0.338 e. The summed E-state index contributed by atoms with van der Waals surface area (Å²) in [7, 11) is 0. The number of benzene rings is 1. The lowest BCUT2D eigenvalue weighted by molar-refractivity contribution is 0.0698. The molecule has 6 heteroatoms. The van der Waals surface area contributed by atoms with Crippen molar-refractivity contribution in [3.63, 3.8) is 0 Å². The minimum atomic E-state index is -1.06. The molecular formula is C13H10ClNO3S. The Morgan fingerprint density at radius 1 is 1.26 bits per heavy atom. The molecule has 0 spiro atoms. The number of hydrogen-bond donors (Lipinski definition) is 2. The molecule has 0 fully saturated rings. The lowest BCUT2D eigenvalue weighted by Gasteiger charge is -2.04. The Bertz CT molecular complexity index is 634. The highest BCUT2D eigenvalue weighted by atomic mass is 35.5. The third-order valence-electron chi connectivity index (χ3n) is 2.42. The average Bonchev–Trinajstić information content (AvgIpc) is 2.71. The molecule has 2 N–H and O–H groups in total. The Morgan fingerprint density at radius 3 is 2.47 bits per heavy atom. The standard InChI is InChI=1S/C13H10ClNO3S/c1-7-6-10(13(17)18)12(19-7)15-11(16)8-2-4-9(14)5-3-8/h2-6H,1H3,(H,15,16)(H,17,18). The molecule has 0 aliphatic rings. The smallest absolute Gasteiger partial charge is 0.338 e. The van der Waals surface area contributed by atoms with E-state index in [4.69, 9.17) is 16.7 Å². The highest BCUT2D eigenvalue weighted by Gasteiger charge is 2.16. The molecule has 0 atom stereocenters. The van der Waals surface area contributed by atoms with Gasteiger partial charge in [0.05, 0.1) is 5.56 Å². The Kier molecular flexibility index (Phi) is 3.87. The van der Waals surface area contributed by atoms with E-state index >= 15 is 0 Å². The number of amides is 1. The molecule has 4 nitrogen and oxygen atoms in total. The molecular weight excluding hydrogens is 286 g/mol. The summed E-state index contributed by atoms with van der Waals surface area (Å²) in [5.41, 5.74) is 0.525. The summed E-state index contributed by atoms with van der Waals surface area (Å²) < 4.78 is 0. The van der Waals surface area contributed by atoms with Gasteiger partial charge in [-0.2, -0.15) is 0 Å². The number of rotatable bonds is 3. The largest absolute Gasteiger partial charge is 0.478 e. The molecule has 0 saturated heterocycles. The Balaban J connectivity index is 2.24. The van der Waals surface area contributed by atoms with Crippen molar-refractivity contribution in [3.8, 4) is 0 Å². The first-order chi connectivity index (χ1) is 8.97. The predicted molar refractivity (Wildman–Crippen MR) is 75.4 cm³/mol. The van der Waals surface area contributed by atoms with Crippen LogP contribution in [-0.4, -0.2) is 17.0 Å². The van der Waals surface area contributed by atoms with E-state index in [0.717, 1.165) is 4.88 Å². The zero-order chi connectivity index (χ0) is 14.0. The zero-order valence-electron chi connectivity index (χ0n) is 9.94. The van der Waals surface area contributed by atoms with Gasteiger partial charge in [0.15, 0.2) is 0 Å². The van der Waals surface area contributed by atoms with Gasteiger partial charge in [-0.1, -0.05) is 11.6 Å². The molecule has 1 aromatic heterocycles. The number of hydrogen-bond acceptors (Lipinski definition) is 3. The van der Waals surface area contributed by atoms with Gasteiger partial charge in [0.2, 0.25) is 0 Å². The molecule has 0 bridgehead atoms. The quantitative estimate of drug-likeness (QED) is 0.908. The SMILES string of the molecule is Cc1cc(C(=O)O)c(NC(=O)c2ccc(Cl)cc2)s1. The van der Waals surface area contributed by atoms with Crippen LogP contribution in [0.1, 0.15) is 25.6 Å². The fourth-order valence-electron chi connectivity index (χ4n) is 1.54. The summed E-state index contributed by atoms with van der Waals surface area (Å²) in [5, 5.41) is 12.5. The van der Waals surface area contributed by atoms with Gasteiger partial charge >= 0.3 is 5.97 Å². The van der Waals surface area contributed by atoms with Crippen LogP contribution >= 0.6 is 22.9 Å². The summed E-state index contributed by atoms with van der Waals surface area (Å²) >= 11 is 6.97. The van der Waals surface area contributed by atoms with Gasteiger partial charge in [-0.05, 0) is 37.3 Å². The van der Waals surface area contributed by atoms with Crippen LogP contribution in [-0.2, 0) is 0 Å². The van der Waals surface area contributed by atoms with Crippen LogP contribution < -0.4 is 5.32 Å². The molecule has 0 saturated carbocycles. The lowest BCUT2D eigenvalue weighted by atomic mass is 10.2. The number of carboxylic acid groups (broad SMARTS) is 1. The topological polar surface area (TPSA) is 66.4 Å². The molecule has 0 radical (unpaired) electrons. The second-order valence-corrected chi connectivity index (χ2v) is 5.56. The second kappa shape index (κ2) is 5.42. The van der Waals surface area contributed by atoms with Crippen LogP contribution in [0.5, 0.6) is 0 Å². The summed E-state index contributed by atoms with van der Waals surface area (Å²) in [5.74, 6) is -1.42. The highest BCUT2D eigenvalue weighted by Crippen LogP contribution is 2.28. The maximum absolute atomic E-state index is 12.0. The van der Waals surface area contributed by atoms with Crippen molar-refractivity contribution >= 4 is 39.8 Å². The van der Waals surface area contributed by atoms with Gasteiger partial charge in [0, 0.05) is 15.5 Å². The third kappa shape index (κ3) is 3.13. The van der Waals surface area contributed by atoms with E-state index in [1.807, 2.05) is 0 Å². The van der Waals surface area contributed by atoms with Gasteiger partial charge in [-0.25, -0.2) is 4.79 Å². The number of nitrogens with one attached hydrogen (secondary N) is 1. The van der Waals surface area contributed by atoms with E-state index in [9.17, 15) is 9.59 Å². The number of aryl methyl sites for hydroxylation is 1. The fraction of sp³-hybridized carbons (Fsp3) is 0.0769. The Labute approximate surface area is 118 Å². The molecule has 1 heterocycles. The van der Waals surface area contributed by atoms with Gasteiger partial charge in [-0.3, -0.25) is 4.79 Å². The number of aromatic carboxylic acids is 1. The number of carbonyl (C=O) groups excluding carboxylic acids is 1. The van der Waals surface area contributed by atoms with E-state index in [1.165, 1.54) is 17.4 Å². The molecule has 19 heavy (non-hydrogen) atoms. The van der Waals surface area contributed by atoms with Crippen LogP contribution in [0.3, 0.4) is 0 Å². The number of halogens is 1. The Hall–Kier alpha value is -1.85. The third-order valence-corrected chi connectivity index (χ3v) is 3.64. The monoisotopic (exact) mass is 295 g/mol. The van der Waals surface area contributed by atoms with Crippen molar-refractivity contribution in [2.75, 3.05) is 5.32 Å². The van der Waals surface area contributed by atoms with Gasteiger partial charge in [0.1, 0.15) is 5.00 Å². The zero-order valence-corrected chi connectivity index (χ0v) is 11.5. The number of carboxylic acids is 1. The fourth-order valence-corrected chi connectivity index (χ4v) is 2.57. The number of thiophene rings is 1. The van der Waals surface area contributed by atoms with Gasteiger partial charge in [0.25, 0.3) is 5.91 Å². The van der Waals surface area contributed by atoms with Crippen molar-refractivity contribution < 1.29 is 14.7 Å².